The van der Waals surface area contributed by atoms with E-state index < -0.39 is 0 Å². The van der Waals surface area contributed by atoms with Gasteiger partial charge in [0.15, 0.2) is 5.78 Å². The van der Waals surface area contributed by atoms with Gasteiger partial charge in [-0.25, -0.2) is 4.39 Å². The van der Waals surface area contributed by atoms with Crippen LogP contribution < -0.4 is 0 Å². The highest BCUT2D eigenvalue weighted by atomic mass is 19.1. The summed E-state index contributed by atoms with van der Waals surface area (Å²) in [5, 5.41) is 0. The van der Waals surface area contributed by atoms with Crippen LogP contribution in [-0.4, -0.2) is 54.9 Å². The average Bonchev–Trinajstić information content (AvgIpc) is 2.60. The van der Waals surface area contributed by atoms with Crippen LogP contribution in [0.25, 0.3) is 0 Å². The third-order valence-corrected chi connectivity index (χ3v) is 4.30. The molecule has 2 rings (SSSR count). The summed E-state index contributed by atoms with van der Waals surface area (Å²) in [5.74, 6) is -0.274. The molecular weight excluding hydrogens is 267 g/mol. The summed E-state index contributed by atoms with van der Waals surface area (Å²) in [6.45, 7) is 7.84. The fraction of sp³-hybridized carbons (Fsp3) is 0.588. The van der Waals surface area contributed by atoms with Crippen molar-refractivity contribution in [1.82, 2.24) is 9.80 Å². The van der Waals surface area contributed by atoms with Gasteiger partial charge in [-0.05, 0) is 52.0 Å². The van der Waals surface area contributed by atoms with Gasteiger partial charge < -0.3 is 4.90 Å². The fourth-order valence-corrected chi connectivity index (χ4v) is 2.91. The molecule has 1 atom stereocenters. The zero-order chi connectivity index (χ0) is 15.4. The van der Waals surface area contributed by atoms with Gasteiger partial charge in [0, 0.05) is 31.1 Å². The van der Waals surface area contributed by atoms with Crippen molar-refractivity contribution in [3.8, 4) is 0 Å². The number of ketones is 1. The lowest BCUT2D eigenvalue weighted by atomic mass is 10.1. The first-order valence-corrected chi connectivity index (χ1v) is 7.69. The van der Waals surface area contributed by atoms with Crippen LogP contribution in [0.15, 0.2) is 18.2 Å². The van der Waals surface area contributed by atoms with Crippen LogP contribution in [0.5, 0.6) is 0 Å². The topological polar surface area (TPSA) is 23.6 Å². The maximum Gasteiger partial charge on any atom is 0.164 e. The number of Topliss-reactive ketones (excluding diaryl/α,β-unsaturated/α-hetero) is 1. The molecule has 1 fully saturated rings. The number of carbonyl (C=O) groups is 1. The van der Waals surface area contributed by atoms with Gasteiger partial charge in [0.1, 0.15) is 5.82 Å². The second-order valence-corrected chi connectivity index (χ2v) is 6.14. The third-order valence-electron chi connectivity index (χ3n) is 4.30. The number of benzene rings is 1. The molecule has 116 valence electrons. The zero-order valence-electron chi connectivity index (χ0n) is 13.2. The smallest absolute Gasteiger partial charge is 0.164 e. The van der Waals surface area contributed by atoms with Crippen molar-refractivity contribution in [3.05, 3.63) is 35.1 Å². The number of carbonyl (C=O) groups excluding carboxylic acids is 1. The van der Waals surface area contributed by atoms with Crippen molar-refractivity contribution < 1.29 is 9.18 Å². The highest BCUT2D eigenvalue weighted by Gasteiger charge is 2.20. The monoisotopic (exact) mass is 292 g/mol. The van der Waals surface area contributed by atoms with Gasteiger partial charge in [-0.2, -0.15) is 0 Å². The highest BCUT2D eigenvalue weighted by Crippen LogP contribution is 2.13. The van der Waals surface area contributed by atoms with Crippen molar-refractivity contribution in [2.24, 2.45) is 0 Å². The summed E-state index contributed by atoms with van der Waals surface area (Å²) in [7, 11) is 2.14. The molecule has 0 N–H and O–H groups in total. The number of halogens is 1. The van der Waals surface area contributed by atoms with E-state index >= 15 is 0 Å². The van der Waals surface area contributed by atoms with E-state index in [1.54, 1.807) is 19.1 Å². The van der Waals surface area contributed by atoms with Crippen molar-refractivity contribution >= 4 is 5.78 Å². The van der Waals surface area contributed by atoms with Gasteiger partial charge in [-0.15, -0.1) is 0 Å². The van der Waals surface area contributed by atoms with E-state index in [4.69, 9.17) is 0 Å². The summed E-state index contributed by atoms with van der Waals surface area (Å²) in [5.41, 5.74) is 1.06. The Kier molecular flexibility index (Phi) is 5.48. The van der Waals surface area contributed by atoms with Gasteiger partial charge in [0.05, 0.1) is 0 Å². The van der Waals surface area contributed by atoms with E-state index in [0.29, 0.717) is 23.6 Å². The highest BCUT2D eigenvalue weighted by molar-refractivity contribution is 5.96. The number of likely N-dealkylation sites (N-methyl/N-ethyl adjacent to an activating group) is 1. The molecule has 0 amide bonds. The van der Waals surface area contributed by atoms with Gasteiger partial charge in [0.25, 0.3) is 0 Å². The molecule has 0 saturated carbocycles. The van der Waals surface area contributed by atoms with Crippen molar-refractivity contribution in [1.29, 1.82) is 0 Å². The Morgan fingerprint density at radius 3 is 2.86 bits per heavy atom. The Morgan fingerprint density at radius 2 is 2.14 bits per heavy atom. The summed E-state index contributed by atoms with van der Waals surface area (Å²) in [6.07, 6.45) is 1.59. The minimum absolute atomic E-state index is 0.0266. The molecule has 1 saturated heterocycles. The van der Waals surface area contributed by atoms with Crippen LogP contribution in [0, 0.1) is 12.7 Å². The molecule has 4 heteroatoms. The Bertz CT molecular complexity index is 504. The minimum atomic E-state index is -0.300. The van der Waals surface area contributed by atoms with Crippen LogP contribution in [0.2, 0.25) is 0 Å². The number of hydrogen-bond acceptors (Lipinski definition) is 3. The Hall–Kier alpha value is -1.26. The summed E-state index contributed by atoms with van der Waals surface area (Å²) >= 11 is 0. The van der Waals surface area contributed by atoms with Crippen LogP contribution >= 0.6 is 0 Å². The van der Waals surface area contributed by atoms with Crippen LogP contribution in [0.3, 0.4) is 0 Å². The Morgan fingerprint density at radius 1 is 1.38 bits per heavy atom. The summed E-state index contributed by atoms with van der Waals surface area (Å²) in [4.78, 5) is 16.9. The molecule has 0 aromatic heterocycles. The summed E-state index contributed by atoms with van der Waals surface area (Å²) < 4.78 is 13.5. The minimum Gasteiger partial charge on any atom is -0.305 e. The third kappa shape index (κ3) is 4.35. The number of nitrogens with zero attached hydrogens (tertiary/aromatic N) is 2. The molecule has 0 spiro atoms. The molecule has 21 heavy (non-hydrogen) atoms. The molecule has 0 radical (unpaired) electrons. The second-order valence-electron chi connectivity index (χ2n) is 6.14. The van der Waals surface area contributed by atoms with E-state index in [9.17, 15) is 9.18 Å². The molecule has 1 aliphatic heterocycles. The van der Waals surface area contributed by atoms with Crippen molar-refractivity contribution in [2.45, 2.75) is 32.7 Å². The standard InChI is InChI=1S/C17H25FN2O/c1-13-5-6-15(11-16(13)18)17(21)7-10-20-9-4-8-19(3)12-14(20)2/h5-6,11,14H,4,7-10,12H2,1-3H3. The predicted molar refractivity (Wildman–Crippen MR) is 83.2 cm³/mol. The SMILES string of the molecule is Cc1ccc(C(=O)CCN2CCCN(C)CC2C)cc1F. The Balaban J connectivity index is 1.92. The summed E-state index contributed by atoms with van der Waals surface area (Å²) in [6, 6.07) is 5.21. The van der Waals surface area contributed by atoms with Crippen molar-refractivity contribution in [3.63, 3.8) is 0 Å². The molecule has 0 bridgehead atoms. The average molecular weight is 292 g/mol. The second kappa shape index (κ2) is 7.14. The number of aryl methyl sites for hydroxylation is 1. The zero-order valence-corrected chi connectivity index (χ0v) is 13.2. The molecule has 1 unspecified atom stereocenters. The van der Waals surface area contributed by atoms with E-state index in [-0.39, 0.29) is 11.6 Å². The van der Waals surface area contributed by atoms with Crippen LogP contribution in [0.1, 0.15) is 35.7 Å². The quantitative estimate of drug-likeness (QED) is 0.797. The molecular formula is C17H25FN2O. The molecule has 1 aromatic rings. The molecule has 3 nitrogen and oxygen atoms in total. The van der Waals surface area contributed by atoms with Gasteiger partial charge in [-0.3, -0.25) is 9.69 Å². The maximum absolute atomic E-state index is 13.5. The molecule has 1 aliphatic rings. The largest absolute Gasteiger partial charge is 0.305 e. The molecule has 1 aromatic carbocycles. The van der Waals surface area contributed by atoms with Crippen molar-refractivity contribution in [2.75, 3.05) is 33.2 Å². The maximum atomic E-state index is 13.5. The van der Waals surface area contributed by atoms with E-state index in [1.807, 2.05) is 0 Å². The lowest BCUT2D eigenvalue weighted by molar-refractivity contribution is 0.0953. The predicted octanol–water partition coefficient (Wildman–Crippen LogP) is 2.73. The van der Waals surface area contributed by atoms with Gasteiger partial charge in [-0.1, -0.05) is 12.1 Å². The Labute approximate surface area is 126 Å². The lowest BCUT2D eigenvalue weighted by Crippen LogP contribution is -2.39. The molecule has 1 heterocycles. The first-order valence-electron chi connectivity index (χ1n) is 7.69. The first-order chi connectivity index (χ1) is 9.97. The number of hydrogen-bond donors (Lipinski definition) is 0. The lowest BCUT2D eigenvalue weighted by Gasteiger charge is -2.27. The van der Waals surface area contributed by atoms with E-state index in [2.05, 4.69) is 23.8 Å². The van der Waals surface area contributed by atoms with Gasteiger partial charge >= 0.3 is 0 Å². The van der Waals surface area contributed by atoms with E-state index in [0.717, 1.165) is 32.6 Å². The van der Waals surface area contributed by atoms with E-state index in [1.165, 1.54) is 6.07 Å². The first kappa shape index (κ1) is 16.1. The van der Waals surface area contributed by atoms with Crippen LogP contribution in [0.4, 0.5) is 4.39 Å². The van der Waals surface area contributed by atoms with Crippen LogP contribution in [-0.2, 0) is 0 Å². The normalized spacial score (nSPS) is 21.2. The molecule has 0 aliphatic carbocycles. The fourth-order valence-electron chi connectivity index (χ4n) is 2.91. The number of rotatable bonds is 4. The van der Waals surface area contributed by atoms with Gasteiger partial charge in [0.2, 0.25) is 0 Å².